The molecule has 0 aromatic rings. The molecule has 10 nitrogen and oxygen atoms in total. The zero-order chi connectivity index (χ0) is 15.0. The van der Waals surface area contributed by atoms with Gasteiger partial charge in [-0.3, -0.25) is 5.01 Å². The van der Waals surface area contributed by atoms with Gasteiger partial charge in [0.1, 0.15) is 37.2 Å². The zero-order valence-electron chi connectivity index (χ0n) is 11.0. The topological polar surface area (TPSA) is 148 Å². The summed E-state index contributed by atoms with van der Waals surface area (Å²) in [4.78, 5) is 12.3. The van der Waals surface area contributed by atoms with Gasteiger partial charge in [-0.1, -0.05) is 0 Å². The molecule has 0 unspecified atom stereocenters. The second-order valence-corrected chi connectivity index (χ2v) is 4.75. The fourth-order valence-electron chi connectivity index (χ4n) is 2.30. The van der Waals surface area contributed by atoms with Crippen LogP contribution in [0.4, 0.5) is 0 Å². The van der Waals surface area contributed by atoms with E-state index in [9.17, 15) is 10.2 Å². The second kappa shape index (κ2) is 5.50. The summed E-state index contributed by atoms with van der Waals surface area (Å²) in [7, 11) is 0. The molecule has 0 spiro atoms. The number of amidine groups is 2. The van der Waals surface area contributed by atoms with E-state index in [1.54, 1.807) is 0 Å². The van der Waals surface area contributed by atoms with Crippen molar-refractivity contribution in [1.82, 2.24) is 10.3 Å². The number of ether oxygens (including phenoxy) is 1. The first-order valence-electron chi connectivity index (χ1n) is 6.38. The van der Waals surface area contributed by atoms with Crippen molar-refractivity contribution in [3.05, 3.63) is 11.8 Å². The molecule has 0 bridgehead atoms. The summed E-state index contributed by atoms with van der Waals surface area (Å²) in [6, 6.07) is 0. The smallest absolute Gasteiger partial charge is 0.158 e. The Balaban J connectivity index is 1.75. The first kappa shape index (κ1) is 14.1. The van der Waals surface area contributed by atoms with Crippen LogP contribution in [0.3, 0.4) is 0 Å². The Kier molecular flexibility index (Phi) is 3.69. The van der Waals surface area contributed by atoms with E-state index in [1.807, 2.05) is 0 Å². The fourth-order valence-corrected chi connectivity index (χ4v) is 2.30. The number of aliphatic hydroxyl groups excluding tert-OH is 3. The van der Waals surface area contributed by atoms with Crippen LogP contribution in [0.25, 0.3) is 0 Å². The van der Waals surface area contributed by atoms with Crippen LogP contribution in [0.5, 0.6) is 0 Å². The number of rotatable bonds is 2. The molecule has 1 saturated heterocycles. The molecule has 10 heteroatoms. The van der Waals surface area contributed by atoms with Crippen molar-refractivity contribution < 1.29 is 20.1 Å². The Morgan fingerprint density at radius 1 is 1.38 bits per heavy atom. The Morgan fingerprint density at radius 2 is 2.19 bits per heavy atom. The van der Waals surface area contributed by atoms with Crippen LogP contribution >= 0.6 is 0 Å². The first-order chi connectivity index (χ1) is 10.1. The fraction of sp³-hybridized carbons (Fsp3) is 0.545. The van der Waals surface area contributed by atoms with Gasteiger partial charge in [-0.2, -0.15) is 0 Å². The van der Waals surface area contributed by atoms with E-state index >= 15 is 0 Å². The third kappa shape index (κ3) is 2.43. The van der Waals surface area contributed by atoms with Crippen molar-refractivity contribution >= 4 is 18.0 Å². The average Bonchev–Trinajstić information content (AvgIpc) is 2.76. The maximum atomic E-state index is 9.92. The Morgan fingerprint density at radius 3 is 2.90 bits per heavy atom. The highest BCUT2D eigenvalue weighted by atomic mass is 16.6. The Hall–Kier alpha value is -1.85. The Bertz CT molecular complexity index is 545. The van der Waals surface area contributed by atoms with E-state index in [2.05, 4.69) is 20.3 Å². The van der Waals surface area contributed by atoms with E-state index in [0.717, 1.165) is 0 Å². The highest BCUT2D eigenvalue weighted by Crippen LogP contribution is 2.21. The predicted octanol–water partition coefficient (Wildman–Crippen LogP) is -3.12. The van der Waals surface area contributed by atoms with Gasteiger partial charge in [0.15, 0.2) is 12.1 Å². The molecule has 3 aliphatic heterocycles. The van der Waals surface area contributed by atoms with Crippen LogP contribution in [0.1, 0.15) is 0 Å². The summed E-state index contributed by atoms with van der Waals surface area (Å²) in [6.07, 6.45) is -1.15. The number of nitrogens with zero attached hydrogens (tertiary/aromatic N) is 4. The zero-order valence-corrected chi connectivity index (χ0v) is 11.0. The molecule has 0 aromatic heterocycles. The lowest BCUT2D eigenvalue weighted by Gasteiger charge is -2.27. The maximum absolute atomic E-state index is 9.92. The minimum Gasteiger partial charge on any atom is -0.394 e. The molecule has 114 valence electrons. The van der Waals surface area contributed by atoms with Gasteiger partial charge in [-0.15, -0.1) is 0 Å². The van der Waals surface area contributed by atoms with E-state index in [-0.39, 0.29) is 13.3 Å². The predicted molar refractivity (Wildman–Crippen MR) is 73.2 cm³/mol. The van der Waals surface area contributed by atoms with E-state index in [1.165, 1.54) is 17.5 Å². The summed E-state index contributed by atoms with van der Waals surface area (Å²) in [5.41, 5.74) is 0.559. The molecule has 0 amide bonds. The molecular formula is C11H16N6O4. The molecule has 0 aromatic carbocycles. The molecule has 0 saturated carbocycles. The molecule has 4 atom stereocenters. The second-order valence-electron chi connectivity index (χ2n) is 4.75. The highest BCUT2D eigenvalue weighted by Gasteiger charge is 2.43. The van der Waals surface area contributed by atoms with E-state index in [0.29, 0.717) is 17.2 Å². The van der Waals surface area contributed by atoms with Crippen molar-refractivity contribution in [3.8, 4) is 0 Å². The van der Waals surface area contributed by atoms with E-state index in [4.69, 9.17) is 15.7 Å². The third-order valence-corrected chi connectivity index (χ3v) is 3.41. The number of aliphatic hydroxyl groups is 3. The van der Waals surface area contributed by atoms with Crippen LogP contribution in [0.2, 0.25) is 0 Å². The van der Waals surface area contributed by atoms with Crippen molar-refractivity contribution in [3.63, 3.8) is 0 Å². The van der Waals surface area contributed by atoms with Gasteiger partial charge in [0, 0.05) is 6.20 Å². The Labute approximate surface area is 119 Å². The van der Waals surface area contributed by atoms with Crippen LogP contribution in [0, 0.1) is 0 Å². The molecule has 3 heterocycles. The molecule has 3 aliphatic rings. The van der Waals surface area contributed by atoms with Crippen LogP contribution in [-0.4, -0.2) is 76.2 Å². The summed E-state index contributed by atoms with van der Waals surface area (Å²) in [5, 5.41) is 32.9. The van der Waals surface area contributed by atoms with Crippen LogP contribution in [-0.2, 0) is 4.74 Å². The number of hydrogen-bond donors (Lipinski definition) is 5. The standard InChI is InChI=1S/C11H16N6O4/c12-17-4-13-1-5-9(14-3-15-10(5)17)16-11-8(20)7(19)6(2-18)21-11/h1,4,6-8,11,18-20H,2-3,12H2,(H,14,16)/t6-,7-,8-,11-/m1/s1. The van der Waals surface area contributed by atoms with Crippen LogP contribution in [0.15, 0.2) is 26.8 Å². The summed E-state index contributed by atoms with van der Waals surface area (Å²) >= 11 is 0. The van der Waals surface area contributed by atoms with Gasteiger partial charge in [-0.05, 0) is 0 Å². The summed E-state index contributed by atoms with van der Waals surface area (Å²) in [5.74, 6) is 6.63. The number of fused-ring (bicyclic) bond motifs is 1. The summed E-state index contributed by atoms with van der Waals surface area (Å²) < 4.78 is 5.35. The van der Waals surface area contributed by atoms with Gasteiger partial charge in [0.05, 0.1) is 12.2 Å². The maximum Gasteiger partial charge on any atom is 0.158 e. The molecule has 0 aliphatic carbocycles. The van der Waals surface area contributed by atoms with Crippen molar-refractivity contribution in [2.24, 2.45) is 20.8 Å². The van der Waals surface area contributed by atoms with Gasteiger partial charge in [0.2, 0.25) is 0 Å². The van der Waals surface area contributed by atoms with Gasteiger partial charge in [0.25, 0.3) is 0 Å². The lowest BCUT2D eigenvalue weighted by Crippen LogP contribution is -2.49. The van der Waals surface area contributed by atoms with Gasteiger partial charge < -0.3 is 25.4 Å². The molecule has 0 radical (unpaired) electrons. The van der Waals surface area contributed by atoms with Crippen molar-refractivity contribution in [1.29, 1.82) is 0 Å². The third-order valence-electron chi connectivity index (χ3n) is 3.41. The van der Waals surface area contributed by atoms with Crippen LogP contribution < -0.4 is 11.2 Å². The molecular weight excluding hydrogens is 280 g/mol. The lowest BCUT2D eigenvalue weighted by molar-refractivity contribution is -0.0262. The number of nitrogens with one attached hydrogen (secondary N) is 1. The number of aliphatic imine (C=N–C) groups is 3. The average molecular weight is 296 g/mol. The quantitative estimate of drug-likeness (QED) is 0.339. The minimum atomic E-state index is -1.19. The molecule has 1 fully saturated rings. The molecule has 21 heavy (non-hydrogen) atoms. The van der Waals surface area contributed by atoms with Gasteiger partial charge >= 0.3 is 0 Å². The number of nitrogens with two attached hydrogens (primary N) is 1. The van der Waals surface area contributed by atoms with E-state index < -0.39 is 24.5 Å². The monoisotopic (exact) mass is 296 g/mol. The first-order valence-corrected chi connectivity index (χ1v) is 6.38. The normalized spacial score (nSPS) is 35.0. The molecule has 3 rings (SSSR count). The SMILES string of the molecule is NN1C=NC=C2C(N[C@@H]3O[C@H](CO)[C@@H](O)[C@H]3O)=NCN=C21. The number of hydrogen-bond acceptors (Lipinski definition) is 10. The highest BCUT2D eigenvalue weighted by molar-refractivity contribution is 6.26. The molecule has 6 N–H and O–H groups in total. The summed E-state index contributed by atoms with van der Waals surface area (Å²) in [6.45, 7) is -0.218. The minimum absolute atomic E-state index is 0.172. The van der Waals surface area contributed by atoms with Gasteiger partial charge in [-0.25, -0.2) is 20.8 Å². The largest absolute Gasteiger partial charge is 0.394 e. The number of hydrazine groups is 1. The lowest BCUT2D eigenvalue weighted by atomic mass is 10.1. The van der Waals surface area contributed by atoms with Crippen molar-refractivity contribution in [2.75, 3.05) is 13.3 Å². The van der Waals surface area contributed by atoms with Crippen molar-refractivity contribution in [2.45, 2.75) is 24.5 Å².